The molecule has 32 heavy (non-hydrogen) atoms. The summed E-state index contributed by atoms with van der Waals surface area (Å²) < 4.78 is 0. The van der Waals surface area contributed by atoms with E-state index >= 15 is 0 Å². The number of rotatable bonds is 7. The minimum atomic E-state index is -0.773. The van der Waals surface area contributed by atoms with Gasteiger partial charge in [-0.15, -0.1) is 0 Å². The number of hydrazine groups is 2. The second-order valence-corrected chi connectivity index (χ2v) is 6.61. The van der Waals surface area contributed by atoms with Crippen LogP contribution >= 0.6 is 0 Å². The number of benzene rings is 2. The lowest BCUT2D eigenvalue weighted by atomic mass is 10.2. The molecule has 4 amide bonds. The molecular weight excluding hydrogens is 424 g/mol. The van der Waals surface area contributed by atoms with E-state index in [4.69, 9.17) is 0 Å². The first-order chi connectivity index (χ1) is 15.2. The van der Waals surface area contributed by atoms with Crippen molar-refractivity contribution in [3.8, 4) is 23.0 Å². The number of carbonyl (C=O) groups is 4. The van der Waals surface area contributed by atoms with Crippen LogP contribution in [0.5, 0.6) is 23.0 Å². The van der Waals surface area contributed by atoms with Gasteiger partial charge < -0.3 is 20.4 Å². The lowest BCUT2D eigenvalue weighted by Crippen LogP contribution is -2.42. The Kier molecular flexibility index (Phi) is 8.22. The van der Waals surface area contributed by atoms with Crippen LogP contribution < -0.4 is 21.7 Å². The van der Waals surface area contributed by atoms with Gasteiger partial charge in [-0.05, 0) is 37.1 Å². The SMILES string of the molecule is O=C(CCCCC(=O)NNC(=O)c1ccc(O)cc1O)NNC(=O)c1ccc(O)cc1O. The van der Waals surface area contributed by atoms with Crippen LogP contribution in [0.4, 0.5) is 0 Å². The molecule has 12 heteroatoms. The van der Waals surface area contributed by atoms with Gasteiger partial charge in [-0.1, -0.05) is 0 Å². The number of hydrogen-bond donors (Lipinski definition) is 8. The Bertz CT molecular complexity index is 943. The van der Waals surface area contributed by atoms with Crippen molar-refractivity contribution < 1.29 is 39.6 Å². The molecule has 0 saturated heterocycles. The van der Waals surface area contributed by atoms with E-state index in [0.29, 0.717) is 12.8 Å². The van der Waals surface area contributed by atoms with Crippen LogP contribution in [0.15, 0.2) is 36.4 Å². The Labute approximate surface area is 181 Å². The molecule has 170 valence electrons. The highest BCUT2D eigenvalue weighted by atomic mass is 16.3. The molecule has 0 aliphatic carbocycles. The lowest BCUT2D eigenvalue weighted by molar-refractivity contribution is -0.123. The zero-order valence-electron chi connectivity index (χ0n) is 16.7. The van der Waals surface area contributed by atoms with E-state index in [9.17, 15) is 39.6 Å². The van der Waals surface area contributed by atoms with Crippen molar-refractivity contribution in [1.82, 2.24) is 21.7 Å². The van der Waals surface area contributed by atoms with Crippen molar-refractivity contribution in [3.05, 3.63) is 47.5 Å². The predicted octanol–water partition coefficient (Wildman–Crippen LogP) is 0.292. The smallest absolute Gasteiger partial charge is 0.273 e. The zero-order chi connectivity index (χ0) is 23.7. The molecule has 2 aromatic rings. The Morgan fingerprint density at radius 2 is 0.969 bits per heavy atom. The van der Waals surface area contributed by atoms with Crippen molar-refractivity contribution in [3.63, 3.8) is 0 Å². The Balaban J connectivity index is 1.63. The van der Waals surface area contributed by atoms with E-state index in [1.165, 1.54) is 24.3 Å². The van der Waals surface area contributed by atoms with Gasteiger partial charge in [0.05, 0.1) is 11.1 Å². The maximum absolute atomic E-state index is 11.9. The average Bonchev–Trinajstić information content (AvgIpc) is 2.73. The third kappa shape index (κ3) is 7.09. The van der Waals surface area contributed by atoms with Gasteiger partial charge in [0.15, 0.2) is 0 Å². The van der Waals surface area contributed by atoms with Crippen LogP contribution in [0, 0.1) is 0 Å². The Morgan fingerprint density at radius 1 is 0.594 bits per heavy atom. The van der Waals surface area contributed by atoms with Crippen LogP contribution in [0.2, 0.25) is 0 Å². The van der Waals surface area contributed by atoms with Gasteiger partial charge in [0.2, 0.25) is 11.8 Å². The van der Waals surface area contributed by atoms with Crippen LogP contribution in [0.1, 0.15) is 46.4 Å². The van der Waals surface area contributed by atoms with E-state index in [1.54, 1.807) is 0 Å². The minimum Gasteiger partial charge on any atom is -0.508 e. The molecule has 0 saturated carbocycles. The highest BCUT2D eigenvalue weighted by Crippen LogP contribution is 2.23. The minimum absolute atomic E-state index is 0.00284. The Morgan fingerprint density at radius 3 is 1.31 bits per heavy atom. The van der Waals surface area contributed by atoms with Crippen molar-refractivity contribution >= 4 is 23.6 Å². The van der Waals surface area contributed by atoms with Crippen LogP contribution in [-0.4, -0.2) is 44.1 Å². The summed E-state index contributed by atoms with van der Waals surface area (Å²) in [4.78, 5) is 47.3. The van der Waals surface area contributed by atoms with E-state index < -0.39 is 35.1 Å². The highest BCUT2D eigenvalue weighted by molar-refractivity contribution is 5.98. The molecule has 2 aromatic carbocycles. The van der Waals surface area contributed by atoms with Gasteiger partial charge >= 0.3 is 0 Å². The monoisotopic (exact) mass is 446 g/mol. The van der Waals surface area contributed by atoms with Crippen LogP contribution in [-0.2, 0) is 9.59 Å². The fraction of sp³-hybridized carbons (Fsp3) is 0.200. The van der Waals surface area contributed by atoms with Crippen LogP contribution in [0.25, 0.3) is 0 Å². The molecule has 0 fully saturated rings. The summed E-state index contributed by atoms with van der Waals surface area (Å²) in [5.41, 5.74) is 8.31. The third-order valence-electron chi connectivity index (χ3n) is 4.14. The number of phenols is 4. The van der Waals surface area contributed by atoms with E-state index in [1.807, 2.05) is 0 Å². The first-order valence-corrected chi connectivity index (χ1v) is 9.39. The van der Waals surface area contributed by atoms with E-state index in [-0.39, 0.29) is 35.5 Å². The second kappa shape index (κ2) is 11.1. The predicted molar refractivity (Wildman–Crippen MR) is 109 cm³/mol. The zero-order valence-corrected chi connectivity index (χ0v) is 16.7. The molecular formula is C20H22N4O8. The van der Waals surface area contributed by atoms with Crippen molar-refractivity contribution in [2.24, 2.45) is 0 Å². The molecule has 12 nitrogen and oxygen atoms in total. The fourth-order valence-corrected chi connectivity index (χ4v) is 2.51. The van der Waals surface area contributed by atoms with Gasteiger partial charge in [0, 0.05) is 25.0 Å². The molecule has 0 radical (unpaired) electrons. The largest absolute Gasteiger partial charge is 0.508 e. The van der Waals surface area contributed by atoms with Gasteiger partial charge in [-0.3, -0.25) is 40.9 Å². The molecule has 0 spiro atoms. The third-order valence-corrected chi connectivity index (χ3v) is 4.14. The normalized spacial score (nSPS) is 10.1. The average molecular weight is 446 g/mol. The number of hydrogen-bond acceptors (Lipinski definition) is 8. The maximum Gasteiger partial charge on any atom is 0.273 e. The number of aromatic hydroxyl groups is 4. The Hall–Kier alpha value is -4.48. The van der Waals surface area contributed by atoms with Crippen LogP contribution in [0.3, 0.4) is 0 Å². The summed E-state index contributed by atoms with van der Waals surface area (Å²) in [7, 11) is 0. The molecule has 0 heterocycles. The first-order valence-electron chi connectivity index (χ1n) is 9.39. The summed E-state index contributed by atoms with van der Waals surface area (Å²) in [6, 6.07) is 6.75. The van der Waals surface area contributed by atoms with Gasteiger partial charge in [0.25, 0.3) is 11.8 Å². The summed E-state index contributed by atoms with van der Waals surface area (Å²) >= 11 is 0. The van der Waals surface area contributed by atoms with E-state index in [0.717, 1.165) is 12.1 Å². The number of unbranched alkanes of at least 4 members (excludes halogenated alkanes) is 1. The number of carbonyl (C=O) groups excluding carboxylic acids is 4. The first kappa shape index (κ1) is 23.8. The maximum atomic E-state index is 11.9. The second-order valence-electron chi connectivity index (χ2n) is 6.61. The van der Waals surface area contributed by atoms with Gasteiger partial charge in [-0.2, -0.15) is 0 Å². The molecule has 0 atom stereocenters. The van der Waals surface area contributed by atoms with Crippen molar-refractivity contribution in [1.29, 1.82) is 0 Å². The van der Waals surface area contributed by atoms with Gasteiger partial charge in [-0.25, -0.2) is 0 Å². The van der Waals surface area contributed by atoms with Crippen molar-refractivity contribution in [2.75, 3.05) is 0 Å². The molecule has 0 bridgehead atoms. The highest BCUT2D eigenvalue weighted by Gasteiger charge is 2.14. The fourth-order valence-electron chi connectivity index (χ4n) is 2.51. The molecule has 2 rings (SSSR count). The standard InChI is InChI=1S/C20H22N4O8/c25-11-5-7-13(15(27)9-11)19(31)23-21-17(29)3-1-2-4-18(30)22-24-20(32)14-8-6-12(26)10-16(14)28/h5-10,25-28H,1-4H2,(H,21,29)(H,22,30)(H,23,31)(H,24,32). The molecule has 0 aliphatic heterocycles. The number of nitrogens with one attached hydrogen (secondary N) is 4. The quantitative estimate of drug-likeness (QED) is 0.219. The van der Waals surface area contributed by atoms with E-state index in [2.05, 4.69) is 21.7 Å². The summed E-state index contributed by atoms with van der Waals surface area (Å²) in [5, 5.41) is 37.6. The summed E-state index contributed by atoms with van der Waals surface area (Å²) in [6.07, 6.45) is 0.629. The molecule has 0 aliphatic rings. The van der Waals surface area contributed by atoms with Gasteiger partial charge in [0.1, 0.15) is 23.0 Å². The lowest BCUT2D eigenvalue weighted by Gasteiger charge is -2.09. The molecule has 0 unspecified atom stereocenters. The molecule has 8 N–H and O–H groups in total. The number of amides is 4. The molecule has 0 aromatic heterocycles. The van der Waals surface area contributed by atoms with Crippen molar-refractivity contribution in [2.45, 2.75) is 25.7 Å². The summed E-state index contributed by atoms with van der Waals surface area (Å²) in [5.74, 6) is -3.92. The summed E-state index contributed by atoms with van der Waals surface area (Å²) in [6.45, 7) is 0. The number of phenolic OH excluding ortho intramolecular Hbond substituents is 4. The topological polar surface area (TPSA) is 197 Å².